The summed E-state index contributed by atoms with van der Waals surface area (Å²) in [7, 11) is 1.63. The van der Waals surface area contributed by atoms with E-state index in [1.807, 2.05) is 36.4 Å². The van der Waals surface area contributed by atoms with E-state index < -0.39 is 0 Å². The molecule has 0 saturated carbocycles. The van der Waals surface area contributed by atoms with Gasteiger partial charge in [-0.2, -0.15) is 0 Å². The summed E-state index contributed by atoms with van der Waals surface area (Å²) in [5.41, 5.74) is 2.02. The Balaban J connectivity index is 2.26. The molecule has 0 spiro atoms. The molecule has 0 aliphatic carbocycles. The van der Waals surface area contributed by atoms with Gasteiger partial charge < -0.3 is 9.84 Å². The number of benzene rings is 2. The molecule has 0 bridgehead atoms. The number of methoxy groups -OCH3 is 1. The lowest BCUT2D eigenvalue weighted by Crippen LogP contribution is -2.08. The summed E-state index contributed by atoms with van der Waals surface area (Å²) in [5, 5.41) is 11.0. The second kappa shape index (κ2) is 6.98. The molecule has 1 unspecified atom stereocenters. The zero-order valence-corrected chi connectivity index (χ0v) is 12.7. The van der Waals surface area contributed by atoms with E-state index in [1.165, 1.54) is 0 Å². The van der Waals surface area contributed by atoms with Gasteiger partial charge in [-0.15, -0.1) is 0 Å². The van der Waals surface area contributed by atoms with Crippen LogP contribution in [0.25, 0.3) is 0 Å². The van der Waals surface area contributed by atoms with Gasteiger partial charge in [-0.25, -0.2) is 0 Å². The van der Waals surface area contributed by atoms with Crippen molar-refractivity contribution in [3.63, 3.8) is 0 Å². The molecular formula is C16H16Cl2O2. The largest absolute Gasteiger partial charge is 0.496 e. The van der Waals surface area contributed by atoms with Gasteiger partial charge in [-0.05, 0) is 47.9 Å². The van der Waals surface area contributed by atoms with E-state index in [1.54, 1.807) is 13.2 Å². The van der Waals surface area contributed by atoms with Crippen LogP contribution in [0.1, 0.15) is 17.0 Å². The minimum Gasteiger partial charge on any atom is -0.496 e. The van der Waals surface area contributed by atoms with Gasteiger partial charge >= 0.3 is 0 Å². The van der Waals surface area contributed by atoms with Gasteiger partial charge in [0.15, 0.2) is 0 Å². The number of aliphatic hydroxyl groups is 1. The highest BCUT2D eigenvalue weighted by Gasteiger charge is 2.14. The number of aliphatic hydroxyl groups excluding tert-OH is 1. The van der Waals surface area contributed by atoms with E-state index in [4.69, 9.17) is 27.9 Å². The highest BCUT2D eigenvalue weighted by molar-refractivity contribution is 6.30. The standard InChI is InChI=1S/C16H16Cl2O2/c1-20-16-7-6-15(18)9-12(16)8-13(10-19)11-2-4-14(17)5-3-11/h2-7,9,13,19H,8,10H2,1H3. The number of ether oxygens (including phenoxy) is 1. The maximum Gasteiger partial charge on any atom is 0.122 e. The Morgan fingerprint density at radius 1 is 1.05 bits per heavy atom. The molecule has 0 aliphatic rings. The van der Waals surface area contributed by atoms with Crippen LogP contribution in [0.2, 0.25) is 10.0 Å². The first kappa shape index (κ1) is 15.2. The summed E-state index contributed by atoms with van der Waals surface area (Å²) in [6, 6.07) is 13.0. The quantitative estimate of drug-likeness (QED) is 0.891. The van der Waals surface area contributed by atoms with E-state index in [0.29, 0.717) is 16.5 Å². The van der Waals surface area contributed by atoms with Crippen LogP contribution in [-0.2, 0) is 6.42 Å². The van der Waals surface area contributed by atoms with Crippen LogP contribution < -0.4 is 4.74 Å². The van der Waals surface area contributed by atoms with Crippen molar-refractivity contribution in [2.45, 2.75) is 12.3 Å². The normalized spacial score (nSPS) is 12.2. The van der Waals surface area contributed by atoms with Gasteiger partial charge in [0, 0.05) is 16.0 Å². The van der Waals surface area contributed by atoms with Gasteiger partial charge in [-0.3, -0.25) is 0 Å². The van der Waals surface area contributed by atoms with E-state index in [0.717, 1.165) is 16.9 Å². The average Bonchev–Trinajstić information content (AvgIpc) is 2.46. The molecule has 1 atom stereocenters. The fourth-order valence-corrected chi connectivity index (χ4v) is 2.52. The molecule has 0 amide bonds. The first-order chi connectivity index (χ1) is 9.63. The Morgan fingerprint density at radius 2 is 1.70 bits per heavy atom. The molecule has 0 aromatic heterocycles. The van der Waals surface area contributed by atoms with Gasteiger partial charge in [0.1, 0.15) is 5.75 Å². The molecule has 1 N–H and O–H groups in total. The van der Waals surface area contributed by atoms with Crippen molar-refractivity contribution in [2.24, 2.45) is 0 Å². The third kappa shape index (κ3) is 3.66. The monoisotopic (exact) mass is 310 g/mol. The molecule has 0 radical (unpaired) electrons. The molecule has 106 valence electrons. The van der Waals surface area contributed by atoms with Crippen LogP contribution in [0.15, 0.2) is 42.5 Å². The number of hydrogen-bond acceptors (Lipinski definition) is 2. The zero-order valence-electron chi connectivity index (χ0n) is 11.1. The predicted molar refractivity (Wildman–Crippen MR) is 83.0 cm³/mol. The minimum absolute atomic E-state index is 0.0142. The molecule has 2 nitrogen and oxygen atoms in total. The second-order valence-electron chi connectivity index (χ2n) is 4.59. The lowest BCUT2D eigenvalue weighted by Gasteiger charge is -2.17. The minimum atomic E-state index is -0.0142. The lowest BCUT2D eigenvalue weighted by atomic mass is 9.92. The summed E-state index contributed by atoms with van der Waals surface area (Å²) in [6.07, 6.45) is 0.655. The third-order valence-corrected chi connectivity index (χ3v) is 3.76. The molecule has 4 heteroatoms. The highest BCUT2D eigenvalue weighted by Crippen LogP contribution is 2.29. The Bertz CT molecular complexity index is 567. The van der Waals surface area contributed by atoms with Crippen LogP contribution >= 0.6 is 23.2 Å². The van der Waals surface area contributed by atoms with E-state index in [-0.39, 0.29) is 12.5 Å². The van der Waals surface area contributed by atoms with Crippen LogP contribution in [0, 0.1) is 0 Å². The van der Waals surface area contributed by atoms with E-state index >= 15 is 0 Å². The molecule has 0 saturated heterocycles. The van der Waals surface area contributed by atoms with Crippen LogP contribution in [0.3, 0.4) is 0 Å². The van der Waals surface area contributed by atoms with Gasteiger partial charge in [0.2, 0.25) is 0 Å². The van der Waals surface area contributed by atoms with Gasteiger partial charge in [0.25, 0.3) is 0 Å². The molecule has 2 aromatic carbocycles. The van der Waals surface area contributed by atoms with Crippen LogP contribution in [-0.4, -0.2) is 18.8 Å². The van der Waals surface area contributed by atoms with Crippen molar-refractivity contribution < 1.29 is 9.84 Å². The number of rotatable bonds is 5. The molecule has 0 fully saturated rings. The van der Waals surface area contributed by atoms with Crippen LogP contribution in [0.4, 0.5) is 0 Å². The van der Waals surface area contributed by atoms with Crippen molar-refractivity contribution >= 4 is 23.2 Å². The zero-order chi connectivity index (χ0) is 14.5. The smallest absolute Gasteiger partial charge is 0.122 e. The van der Waals surface area contributed by atoms with Crippen molar-refractivity contribution in [2.75, 3.05) is 13.7 Å². The number of halogens is 2. The van der Waals surface area contributed by atoms with Crippen molar-refractivity contribution in [1.82, 2.24) is 0 Å². The van der Waals surface area contributed by atoms with Crippen molar-refractivity contribution in [3.05, 3.63) is 63.6 Å². The first-order valence-electron chi connectivity index (χ1n) is 6.32. The average molecular weight is 311 g/mol. The molecule has 20 heavy (non-hydrogen) atoms. The second-order valence-corrected chi connectivity index (χ2v) is 5.46. The number of hydrogen-bond donors (Lipinski definition) is 1. The Kier molecular flexibility index (Phi) is 5.30. The fourth-order valence-electron chi connectivity index (χ4n) is 2.19. The Hall–Kier alpha value is -1.22. The molecule has 2 aromatic rings. The summed E-state index contributed by atoms with van der Waals surface area (Å²) in [5.74, 6) is 0.765. The van der Waals surface area contributed by atoms with Crippen molar-refractivity contribution in [1.29, 1.82) is 0 Å². The third-order valence-electron chi connectivity index (χ3n) is 3.27. The first-order valence-corrected chi connectivity index (χ1v) is 7.08. The molecule has 0 heterocycles. The van der Waals surface area contributed by atoms with Crippen molar-refractivity contribution in [3.8, 4) is 5.75 Å². The maximum atomic E-state index is 9.64. The van der Waals surface area contributed by atoms with Crippen LogP contribution in [0.5, 0.6) is 5.75 Å². The SMILES string of the molecule is COc1ccc(Cl)cc1CC(CO)c1ccc(Cl)cc1. The molecule has 0 aliphatic heterocycles. The summed E-state index contributed by atoms with van der Waals surface area (Å²) in [6.45, 7) is 0.0529. The van der Waals surface area contributed by atoms with Gasteiger partial charge in [-0.1, -0.05) is 35.3 Å². The summed E-state index contributed by atoms with van der Waals surface area (Å²) >= 11 is 11.9. The predicted octanol–water partition coefficient (Wildman–Crippen LogP) is 4.32. The molecule has 2 rings (SSSR count). The molecular weight excluding hydrogens is 295 g/mol. The van der Waals surface area contributed by atoms with E-state index in [2.05, 4.69) is 0 Å². The summed E-state index contributed by atoms with van der Waals surface area (Å²) < 4.78 is 5.34. The Labute approximate surface area is 128 Å². The van der Waals surface area contributed by atoms with Gasteiger partial charge in [0.05, 0.1) is 13.7 Å². The Morgan fingerprint density at radius 3 is 2.30 bits per heavy atom. The maximum absolute atomic E-state index is 9.64. The summed E-state index contributed by atoms with van der Waals surface area (Å²) in [4.78, 5) is 0. The topological polar surface area (TPSA) is 29.5 Å². The fraction of sp³-hybridized carbons (Fsp3) is 0.250. The lowest BCUT2D eigenvalue weighted by molar-refractivity contribution is 0.263. The highest BCUT2D eigenvalue weighted by atomic mass is 35.5. The van der Waals surface area contributed by atoms with E-state index in [9.17, 15) is 5.11 Å².